The maximum atomic E-state index is 12.2. The third-order valence-electron chi connectivity index (χ3n) is 7.62. The summed E-state index contributed by atoms with van der Waals surface area (Å²) in [5.41, 5.74) is 0. The molecule has 4 aliphatic rings. The van der Waals surface area contributed by atoms with Gasteiger partial charge in [-0.15, -0.1) is 0 Å². The molecule has 0 aromatic heterocycles. The number of piperidine rings is 1. The Kier molecular flexibility index (Phi) is 6.76. The van der Waals surface area contributed by atoms with Gasteiger partial charge in [0.15, 0.2) is 0 Å². The Morgan fingerprint density at radius 1 is 0.964 bits per heavy atom. The molecule has 3 aliphatic heterocycles. The highest BCUT2D eigenvalue weighted by Crippen LogP contribution is 2.30. The van der Waals surface area contributed by atoms with Crippen molar-refractivity contribution in [2.24, 2.45) is 0 Å². The predicted octanol–water partition coefficient (Wildman–Crippen LogP) is 0.970. The second kappa shape index (κ2) is 9.28. The normalized spacial score (nSPS) is 33.9. The first-order chi connectivity index (χ1) is 13.6. The number of rotatable bonds is 6. The minimum Gasteiger partial charge on any atom is -0.326 e. The Labute approximate surface area is 170 Å². The summed E-state index contributed by atoms with van der Waals surface area (Å²) in [6, 6.07) is 2.16. The zero-order valence-corrected chi connectivity index (χ0v) is 17.9. The third kappa shape index (κ3) is 4.64. The van der Waals surface area contributed by atoms with Gasteiger partial charge in [0.05, 0.1) is 6.17 Å². The van der Waals surface area contributed by atoms with Gasteiger partial charge in [0, 0.05) is 64.4 Å². The van der Waals surface area contributed by atoms with E-state index in [0.717, 1.165) is 38.8 Å². The molecule has 0 bridgehead atoms. The average molecular weight is 393 g/mol. The van der Waals surface area contributed by atoms with Gasteiger partial charge < -0.3 is 25.3 Å². The minimum absolute atomic E-state index is 0.245. The standard InChI is InChI=1S/C21H40N6O/c1-17-22-9-13-25(17)14-10-23-18-7-11-26(12-8-18)19-3-5-20(6-4-19)27-16-15-24(2)21(27)28/h17-20,22-23H,3-16H2,1-2H3. The lowest BCUT2D eigenvalue weighted by Crippen LogP contribution is -2.50. The maximum absolute atomic E-state index is 12.2. The van der Waals surface area contributed by atoms with Gasteiger partial charge in [-0.2, -0.15) is 0 Å². The molecule has 0 aromatic carbocycles. The molecule has 28 heavy (non-hydrogen) atoms. The second-order valence-electron chi connectivity index (χ2n) is 9.29. The van der Waals surface area contributed by atoms with Crippen LogP contribution in [0.4, 0.5) is 4.79 Å². The van der Waals surface area contributed by atoms with Crippen molar-refractivity contribution in [1.82, 2.24) is 30.2 Å². The average Bonchev–Trinajstić information content (AvgIpc) is 3.28. The van der Waals surface area contributed by atoms with E-state index in [1.54, 1.807) is 0 Å². The zero-order valence-electron chi connectivity index (χ0n) is 17.9. The van der Waals surface area contributed by atoms with E-state index in [0.29, 0.717) is 18.2 Å². The highest BCUT2D eigenvalue weighted by molar-refractivity contribution is 5.76. The van der Waals surface area contributed by atoms with Gasteiger partial charge in [-0.25, -0.2) is 4.79 Å². The highest BCUT2D eigenvalue weighted by atomic mass is 16.2. The van der Waals surface area contributed by atoms with Gasteiger partial charge in [0.25, 0.3) is 0 Å². The Bertz CT molecular complexity index is 515. The van der Waals surface area contributed by atoms with Crippen molar-refractivity contribution >= 4 is 6.03 Å². The third-order valence-corrected chi connectivity index (χ3v) is 7.62. The molecule has 4 rings (SSSR count). The summed E-state index contributed by atoms with van der Waals surface area (Å²) in [5, 5.41) is 7.29. The van der Waals surface area contributed by atoms with E-state index in [9.17, 15) is 4.79 Å². The van der Waals surface area contributed by atoms with Crippen molar-refractivity contribution < 1.29 is 4.79 Å². The highest BCUT2D eigenvalue weighted by Gasteiger charge is 2.36. The molecular formula is C21H40N6O. The summed E-state index contributed by atoms with van der Waals surface area (Å²) in [7, 11) is 1.93. The van der Waals surface area contributed by atoms with Crippen molar-refractivity contribution in [1.29, 1.82) is 0 Å². The molecular weight excluding hydrogens is 352 g/mol. The van der Waals surface area contributed by atoms with Crippen molar-refractivity contribution in [2.45, 2.75) is 69.7 Å². The molecule has 0 aromatic rings. The zero-order chi connectivity index (χ0) is 19.5. The molecule has 3 saturated heterocycles. The smallest absolute Gasteiger partial charge is 0.320 e. The number of carbonyl (C=O) groups is 1. The quantitative estimate of drug-likeness (QED) is 0.706. The SMILES string of the molecule is CC1NCCN1CCNC1CCN(C2CCC(N3CCN(C)C3=O)CC2)CC1. The molecule has 0 radical (unpaired) electrons. The monoisotopic (exact) mass is 392 g/mol. The fourth-order valence-electron chi connectivity index (χ4n) is 5.67. The molecule has 1 saturated carbocycles. The summed E-state index contributed by atoms with van der Waals surface area (Å²) in [5.74, 6) is 0. The van der Waals surface area contributed by atoms with Gasteiger partial charge >= 0.3 is 6.03 Å². The first-order valence-corrected chi connectivity index (χ1v) is 11.6. The van der Waals surface area contributed by atoms with Crippen molar-refractivity contribution in [3.05, 3.63) is 0 Å². The summed E-state index contributed by atoms with van der Waals surface area (Å²) in [6.45, 7) is 11.1. The van der Waals surface area contributed by atoms with Gasteiger partial charge in [-0.1, -0.05) is 0 Å². The second-order valence-corrected chi connectivity index (χ2v) is 9.29. The molecule has 1 unspecified atom stereocenters. The number of likely N-dealkylation sites (N-methyl/N-ethyl adjacent to an activating group) is 1. The number of likely N-dealkylation sites (tertiary alicyclic amines) is 1. The van der Waals surface area contributed by atoms with Crippen LogP contribution in [0.2, 0.25) is 0 Å². The van der Waals surface area contributed by atoms with E-state index < -0.39 is 0 Å². The molecule has 2 amide bonds. The van der Waals surface area contributed by atoms with Crippen LogP contribution in [0.15, 0.2) is 0 Å². The molecule has 7 heteroatoms. The van der Waals surface area contributed by atoms with Gasteiger partial charge in [-0.05, 0) is 58.5 Å². The van der Waals surface area contributed by atoms with Crippen LogP contribution in [0.1, 0.15) is 45.4 Å². The predicted molar refractivity (Wildman–Crippen MR) is 112 cm³/mol. The van der Waals surface area contributed by atoms with Gasteiger partial charge in [-0.3, -0.25) is 4.90 Å². The van der Waals surface area contributed by atoms with Crippen LogP contribution in [0.3, 0.4) is 0 Å². The molecule has 0 spiro atoms. The molecule has 3 heterocycles. The number of hydrogen-bond acceptors (Lipinski definition) is 5. The van der Waals surface area contributed by atoms with Crippen LogP contribution < -0.4 is 10.6 Å². The van der Waals surface area contributed by atoms with Crippen LogP contribution >= 0.6 is 0 Å². The maximum Gasteiger partial charge on any atom is 0.320 e. The lowest BCUT2D eigenvalue weighted by atomic mass is 9.88. The fraction of sp³-hybridized carbons (Fsp3) is 0.952. The topological polar surface area (TPSA) is 54.1 Å². The molecule has 1 atom stereocenters. The van der Waals surface area contributed by atoms with Gasteiger partial charge in [0.1, 0.15) is 0 Å². The van der Waals surface area contributed by atoms with Crippen LogP contribution in [0, 0.1) is 0 Å². The Morgan fingerprint density at radius 2 is 1.68 bits per heavy atom. The fourth-order valence-corrected chi connectivity index (χ4v) is 5.67. The van der Waals surface area contributed by atoms with Crippen LogP contribution in [-0.4, -0.2) is 109 Å². The van der Waals surface area contributed by atoms with Crippen molar-refractivity contribution in [2.75, 3.05) is 59.4 Å². The van der Waals surface area contributed by atoms with Crippen molar-refractivity contribution in [3.8, 4) is 0 Å². The number of amides is 2. The Balaban J connectivity index is 1.13. The molecule has 7 nitrogen and oxygen atoms in total. The van der Waals surface area contributed by atoms with E-state index in [-0.39, 0.29) is 6.03 Å². The molecule has 4 fully saturated rings. The molecule has 160 valence electrons. The number of nitrogens with zero attached hydrogens (tertiary/aromatic N) is 4. The largest absolute Gasteiger partial charge is 0.326 e. The van der Waals surface area contributed by atoms with E-state index in [2.05, 4.69) is 32.3 Å². The number of nitrogens with one attached hydrogen (secondary N) is 2. The Morgan fingerprint density at radius 3 is 2.29 bits per heavy atom. The van der Waals surface area contributed by atoms with E-state index >= 15 is 0 Å². The van der Waals surface area contributed by atoms with Crippen LogP contribution in [0.5, 0.6) is 0 Å². The first-order valence-electron chi connectivity index (χ1n) is 11.6. The Hall–Kier alpha value is -0.890. The van der Waals surface area contributed by atoms with E-state index in [1.165, 1.54) is 58.2 Å². The summed E-state index contributed by atoms with van der Waals surface area (Å²) in [4.78, 5) is 21.5. The summed E-state index contributed by atoms with van der Waals surface area (Å²) >= 11 is 0. The number of carbonyl (C=O) groups excluding carboxylic acids is 1. The van der Waals surface area contributed by atoms with Crippen molar-refractivity contribution in [3.63, 3.8) is 0 Å². The first kappa shape index (κ1) is 20.4. The molecule has 2 N–H and O–H groups in total. The van der Waals surface area contributed by atoms with E-state index in [4.69, 9.17) is 0 Å². The summed E-state index contributed by atoms with van der Waals surface area (Å²) < 4.78 is 0. The lowest BCUT2D eigenvalue weighted by molar-refractivity contribution is 0.0889. The molecule has 1 aliphatic carbocycles. The number of hydrogen-bond donors (Lipinski definition) is 2. The van der Waals surface area contributed by atoms with Gasteiger partial charge in [0.2, 0.25) is 0 Å². The minimum atomic E-state index is 0.245. The number of urea groups is 1. The summed E-state index contributed by atoms with van der Waals surface area (Å²) in [6.07, 6.45) is 7.99. The van der Waals surface area contributed by atoms with Crippen LogP contribution in [0.25, 0.3) is 0 Å². The lowest BCUT2D eigenvalue weighted by Gasteiger charge is -2.42. The van der Waals surface area contributed by atoms with Crippen LogP contribution in [-0.2, 0) is 0 Å². The van der Waals surface area contributed by atoms with E-state index in [1.807, 2.05) is 11.9 Å².